The third kappa shape index (κ3) is 2.94. The molecule has 0 aromatic rings. The van der Waals surface area contributed by atoms with Crippen molar-refractivity contribution in [2.45, 2.75) is 118 Å². The molecule has 0 bridgehead atoms. The van der Waals surface area contributed by atoms with Crippen molar-refractivity contribution < 1.29 is 15.0 Å². The zero-order chi connectivity index (χ0) is 24.9. The van der Waals surface area contributed by atoms with E-state index in [9.17, 15) is 15.0 Å². The third-order valence-corrected chi connectivity index (χ3v) is 13.7. The van der Waals surface area contributed by atoms with Gasteiger partial charge in [0.1, 0.15) is 0 Å². The highest BCUT2D eigenvalue weighted by atomic mass is 16.4. The molecule has 4 unspecified atom stereocenters. The quantitative estimate of drug-likeness (QED) is 0.396. The lowest BCUT2D eigenvalue weighted by atomic mass is 9.41. The lowest BCUT2D eigenvalue weighted by Crippen LogP contribution is -2.57. The molecule has 5 fully saturated rings. The first-order valence-electron chi connectivity index (χ1n) is 14.4. The fraction of sp³-hybridized carbons (Fsp3) is 0.903. The van der Waals surface area contributed by atoms with Crippen LogP contribution in [0.4, 0.5) is 0 Å². The van der Waals surface area contributed by atoms with Crippen LogP contribution in [0.2, 0.25) is 0 Å². The number of carboxylic acids is 1. The first kappa shape index (κ1) is 24.8. The molecule has 0 aliphatic heterocycles. The molecule has 5 rings (SSSR count). The molecule has 5 aliphatic rings. The van der Waals surface area contributed by atoms with Crippen LogP contribution in [-0.4, -0.2) is 22.3 Å². The SMILES string of the molecule is C=C(CCC(C)[C@H]1CCC2(C)C3CCC4C(C)(C)[C@@H](O)CC[C@@]45C[C@@]35CC[C@]12C)[C@@H](C)C(=O)O. The molecular weight excluding hydrogens is 420 g/mol. The Bertz CT molecular complexity index is 876. The van der Waals surface area contributed by atoms with Crippen LogP contribution in [0, 0.1) is 56.7 Å². The zero-order valence-electron chi connectivity index (χ0n) is 22.8. The number of rotatable bonds is 6. The normalized spacial score (nSPS) is 50.2. The number of carbonyl (C=O) groups is 1. The predicted octanol–water partition coefficient (Wildman–Crippen LogP) is 7.48. The van der Waals surface area contributed by atoms with E-state index >= 15 is 0 Å². The molecule has 0 heterocycles. The molecule has 3 nitrogen and oxygen atoms in total. The summed E-state index contributed by atoms with van der Waals surface area (Å²) in [4.78, 5) is 11.4. The van der Waals surface area contributed by atoms with Crippen LogP contribution in [0.3, 0.4) is 0 Å². The van der Waals surface area contributed by atoms with E-state index in [4.69, 9.17) is 0 Å². The van der Waals surface area contributed by atoms with Crippen LogP contribution < -0.4 is 0 Å². The van der Waals surface area contributed by atoms with Gasteiger partial charge in [0, 0.05) is 0 Å². The highest BCUT2D eigenvalue weighted by molar-refractivity contribution is 5.72. The summed E-state index contributed by atoms with van der Waals surface area (Å²) >= 11 is 0. The fourth-order valence-corrected chi connectivity index (χ4v) is 11.3. The van der Waals surface area contributed by atoms with Crippen LogP contribution in [0.15, 0.2) is 12.2 Å². The summed E-state index contributed by atoms with van der Waals surface area (Å²) in [5.74, 6) is 1.71. The van der Waals surface area contributed by atoms with Gasteiger partial charge >= 0.3 is 5.97 Å². The van der Waals surface area contributed by atoms with Gasteiger partial charge in [-0.1, -0.05) is 46.8 Å². The number of aliphatic hydroxyl groups excluding tert-OH is 1. The number of hydrogen-bond acceptors (Lipinski definition) is 2. The van der Waals surface area contributed by atoms with Crippen molar-refractivity contribution in [3.63, 3.8) is 0 Å². The average Bonchev–Trinajstić information content (AvgIpc) is 3.36. The molecule has 0 amide bonds. The van der Waals surface area contributed by atoms with Crippen LogP contribution in [0.5, 0.6) is 0 Å². The molecular formula is C31H50O3. The first-order valence-corrected chi connectivity index (χ1v) is 14.4. The maximum Gasteiger partial charge on any atom is 0.310 e. The lowest BCUT2D eigenvalue weighted by molar-refractivity contribution is -0.161. The third-order valence-electron chi connectivity index (χ3n) is 13.7. The summed E-state index contributed by atoms with van der Waals surface area (Å²) in [7, 11) is 0. The van der Waals surface area contributed by atoms with E-state index in [1.807, 2.05) is 0 Å². The Labute approximate surface area is 208 Å². The van der Waals surface area contributed by atoms with Crippen molar-refractivity contribution in [2.75, 3.05) is 0 Å². The van der Waals surface area contributed by atoms with E-state index in [1.165, 1.54) is 51.4 Å². The van der Waals surface area contributed by atoms with Crippen molar-refractivity contribution in [3.05, 3.63) is 12.2 Å². The van der Waals surface area contributed by atoms with E-state index in [1.54, 1.807) is 6.92 Å². The van der Waals surface area contributed by atoms with E-state index in [-0.39, 0.29) is 11.5 Å². The van der Waals surface area contributed by atoms with Gasteiger partial charge in [-0.25, -0.2) is 0 Å². The number of hydrogen-bond donors (Lipinski definition) is 2. The van der Waals surface area contributed by atoms with Crippen LogP contribution >= 0.6 is 0 Å². The summed E-state index contributed by atoms with van der Waals surface area (Å²) < 4.78 is 0. The maximum absolute atomic E-state index is 11.4. The number of aliphatic carboxylic acids is 1. The minimum Gasteiger partial charge on any atom is -0.481 e. The van der Waals surface area contributed by atoms with Gasteiger partial charge in [-0.05, 0) is 128 Å². The number of fused-ring (bicyclic) bond motifs is 2. The number of aliphatic hydroxyl groups is 1. The predicted molar refractivity (Wildman–Crippen MR) is 137 cm³/mol. The Hall–Kier alpha value is -0.830. The Balaban J connectivity index is 1.35. The Morgan fingerprint density at radius 3 is 2.24 bits per heavy atom. The van der Waals surface area contributed by atoms with Gasteiger partial charge in [-0.2, -0.15) is 0 Å². The van der Waals surface area contributed by atoms with Gasteiger partial charge < -0.3 is 10.2 Å². The molecule has 5 saturated carbocycles. The number of carboxylic acid groups (broad SMARTS) is 1. The standard InChI is InChI=1S/C31H50O3/c1-19(21(3)26(33)34)8-9-20(2)22-12-14-29(7)24-11-10-23-27(4,5)25(32)13-15-30(23)18-31(24,30)17-16-28(22,29)6/h20-25,32H,1,8-18H2,2-7H3,(H,33,34)/t20?,21-,22-,23?,24?,25+,28-,29?,30-,31+/m1/s1. The fourth-order valence-electron chi connectivity index (χ4n) is 11.3. The molecule has 2 N–H and O–H groups in total. The van der Waals surface area contributed by atoms with Gasteiger partial charge in [-0.3, -0.25) is 4.79 Å². The van der Waals surface area contributed by atoms with Crippen molar-refractivity contribution in [3.8, 4) is 0 Å². The highest BCUT2D eigenvalue weighted by Gasteiger charge is 2.82. The van der Waals surface area contributed by atoms with Crippen LogP contribution in [0.1, 0.15) is 112 Å². The first-order chi connectivity index (χ1) is 15.8. The molecule has 2 spiro atoms. The average molecular weight is 471 g/mol. The van der Waals surface area contributed by atoms with Gasteiger partial charge in [0.2, 0.25) is 0 Å². The second-order valence-corrected chi connectivity index (χ2v) is 14.8. The van der Waals surface area contributed by atoms with Gasteiger partial charge in [0.15, 0.2) is 0 Å². The van der Waals surface area contributed by atoms with Crippen molar-refractivity contribution >= 4 is 5.97 Å². The molecule has 0 aromatic carbocycles. The highest BCUT2D eigenvalue weighted by Crippen LogP contribution is 2.89. The second kappa shape index (κ2) is 7.59. The Kier molecular flexibility index (Phi) is 5.55. The van der Waals surface area contributed by atoms with E-state index in [2.05, 4.69) is 41.2 Å². The summed E-state index contributed by atoms with van der Waals surface area (Å²) in [6, 6.07) is 0. The smallest absolute Gasteiger partial charge is 0.310 e. The van der Waals surface area contributed by atoms with Crippen molar-refractivity contribution in [1.82, 2.24) is 0 Å². The molecule has 192 valence electrons. The largest absolute Gasteiger partial charge is 0.481 e. The van der Waals surface area contributed by atoms with E-state index in [0.29, 0.717) is 33.5 Å². The van der Waals surface area contributed by atoms with Gasteiger partial charge in [0.25, 0.3) is 0 Å². The molecule has 0 radical (unpaired) electrons. The summed E-state index contributed by atoms with van der Waals surface area (Å²) in [6.45, 7) is 18.3. The molecule has 34 heavy (non-hydrogen) atoms. The minimum atomic E-state index is -0.747. The Morgan fingerprint density at radius 1 is 0.912 bits per heavy atom. The molecule has 3 heteroatoms. The van der Waals surface area contributed by atoms with E-state index < -0.39 is 11.9 Å². The Morgan fingerprint density at radius 2 is 1.56 bits per heavy atom. The second-order valence-electron chi connectivity index (χ2n) is 14.8. The van der Waals surface area contributed by atoms with Crippen molar-refractivity contribution in [1.29, 1.82) is 0 Å². The minimum absolute atomic E-state index is 0.0661. The lowest BCUT2D eigenvalue weighted by Gasteiger charge is -2.63. The van der Waals surface area contributed by atoms with Crippen LogP contribution in [0.25, 0.3) is 0 Å². The zero-order valence-corrected chi connectivity index (χ0v) is 22.8. The molecule has 10 atom stereocenters. The summed E-state index contributed by atoms with van der Waals surface area (Å²) in [5.41, 5.74) is 2.82. The molecule has 5 aliphatic carbocycles. The van der Waals surface area contributed by atoms with Crippen LogP contribution in [-0.2, 0) is 4.79 Å². The van der Waals surface area contributed by atoms with Gasteiger partial charge in [-0.15, -0.1) is 0 Å². The topological polar surface area (TPSA) is 57.5 Å². The van der Waals surface area contributed by atoms with E-state index in [0.717, 1.165) is 36.7 Å². The summed E-state index contributed by atoms with van der Waals surface area (Å²) in [6.07, 6.45) is 13.6. The maximum atomic E-state index is 11.4. The molecule has 0 saturated heterocycles. The molecule has 0 aromatic heterocycles. The summed E-state index contributed by atoms with van der Waals surface area (Å²) in [5, 5.41) is 20.2. The van der Waals surface area contributed by atoms with Crippen molar-refractivity contribution in [2.24, 2.45) is 56.7 Å². The monoisotopic (exact) mass is 470 g/mol. The van der Waals surface area contributed by atoms with Gasteiger partial charge in [0.05, 0.1) is 12.0 Å².